The van der Waals surface area contributed by atoms with Gasteiger partial charge in [0.1, 0.15) is 24.4 Å². The van der Waals surface area contributed by atoms with Crippen LogP contribution in [0, 0.1) is 25.3 Å². The number of nitrogens with one attached hydrogen (secondary N) is 7. The van der Waals surface area contributed by atoms with Crippen LogP contribution in [-0.4, -0.2) is 165 Å². The Kier molecular flexibility index (Phi) is 48.8. The van der Waals surface area contributed by atoms with Gasteiger partial charge in [-0.2, -0.15) is 19.5 Å². The number of fused-ring (bicyclic) bond motifs is 1. The number of aldehydes is 1. The fourth-order valence-corrected chi connectivity index (χ4v) is 9.73. The van der Waals surface area contributed by atoms with Gasteiger partial charge in [0.15, 0.2) is 0 Å². The Balaban J connectivity index is 0.00000360. The van der Waals surface area contributed by atoms with E-state index in [-0.39, 0.29) is 159 Å². The molecule has 22 nitrogen and oxygen atoms in total. The third kappa shape index (κ3) is 36.7. The summed E-state index contributed by atoms with van der Waals surface area (Å²) in [6, 6.07) is 17.1. The Labute approximate surface area is 590 Å². The number of carboxylic acid groups (broad SMARTS) is 2. The summed E-state index contributed by atoms with van der Waals surface area (Å²) in [7, 11) is 1.00. The van der Waals surface area contributed by atoms with Gasteiger partial charge in [0, 0.05) is 150 Å². The molecule has 1 saturated heterocycles. The Bertz CT molecular complexity index is 2450. The van der Waals surface area contributed by atoms with Crippen LogP contribution >= 0.6 is 0 Å². The van der Waals surface area contributed by atoms with E-state index in [1.807, 2.05) is 49.4 Å². The van der Waals surface area contributed by atoms with E-state index in [9.17, 15) is 48.3 Å². The SMILES string of the molecule is CCC[CH-]N1CC[N-]CC[N-]CC1.CO.Cc1ccc(CCCC(=O)NCCCCC(NC=O)C(=O)NCC2CCC(C(=O)NC(Cc3ccc4ccccc4c3)C(=O)NCCCCC(C=O)NC(=O)NC(CCC(=O)O)C(=O)O)CC2)cc1.[Y].[Y].[Y]. The molecule has 3 radical (unpaired) electrons. The smallest absolute Gasteiger partial charge is 0.326 e. The monoisotopic (exact) mass is 1440 g/mol. The van der Waals surface area contributed by atoms with Gasteiger partial charge in [0.2, 0.25) is 30.0 Å². The fraction of sp³-hybridized carbons (Fsp3) is 0.581. The molecule has 87 heavy (non-hydrogen) atoms. The molecule has 7 amide bonds. The molecule has 3 aromatic rings. The third-order valence-electron chi connectivity index (χ3n) is 14.6. The van der Waals surface area contributed by atoms with Crippen LogP contribution in [0.1, 0.15) is 126 Å². The normalized spacial score (nSPS) is 16.1. The van der Waals surface area contributed by atoms with E-state index in [1.54, 1.807) is 0 Å². The first-order valence-corrected chi connectivity index (χ1v) is 29.8. The average Bonchev–Trinajstić information content (AvgIpc) is 3.83. The van der Waals surface area contributed by atoms with Crippen molar-refractivity contribution in [3.05, 3.63) is 101 Å². The number of hydrogen-bond acceptors (Lipinski definition) is 11. The molecule has 1 aliphatic carbocycles. The number of aliphatic carboxylic acids is 2. The molecule has 0 aromatic heterocycles. The number of carbonyl (C=O) groups is 9. The fourth-order valence-electron chi connectivity index (χ4n) is 9.73. The van der Waals surface area contributed by atoms with Gasteiger partial charge >= 0.3 is 18.0 Å². The van der Waals surface area contributed by atoms with E-state index in [1.165, 1.54) is 24.0 Å². The van der Waals surface area contributed by atoms with Crippen LogP contribution in [0.4, 0.5) is 4.79 Å². The van der Waals surface area contributed by atoms with Gasteiger partial charge in [-0.3, -0.25) is 35.3 Å². The van der Waals surface area contributed by atoms with E-state index >= 15 is 0 Å². The molecule has 4 unspecified atom stereocenters. The number of carbonyl (C=O) groups excluding carboxylic acids is 7. The van der Waals surface area contributed by atoms with Crippen LogP contribution in [0.5, 0.6) is 0 Å². The van der Waals surface area contributed by atoms with Gasteiger partial charge in [-0.25, -0.2) is 9.59 Å². The number of amides is 7. The Hall–Kier alpha value is -3.70. The number of rotatable bonds is 34. The van der Waals surface area contributed by atoms with Crippen LogP contribution in [-0.2, 0) is 149 Å². The maximum Gasteiger partial charge on any atom is 0.326 e. The van der Waals surface area contributed by atoms with Gasteiger partial charge in [0.25, 0.3) is 0 Å². The Morgan fingerprint density at radius 3 is 1.91 bits per heavy atom. The van der Waals surface area contributed by atoms with Crippen LogP contribution in [0.2, 0.25) is 0 Å². The molecule has 2 fully saturated rings. The molecule has 0 bridgehead atoms. The molecule has 475 valence electrons. The first-order valence-electron chi connectivity index (χ1n) is 29.8. The minimum Gasteiger partial charge on any atom is -0.663 e. The van der Waals surface area contributed by atoms with Gasteiger partial charge < -0.3 is 72.9 Å². The minimum absolute atomic E-state index is 0. The van der Waals surface area contributed by atoms with Crippen molar-refractivity contribution in [1.82, 2.24) is 42.1 Å². The largest absolute Gasteiger partial charge is 0.663 e. The molecule has 10 N–H and O–H groups in total. The average molecular weight is 1440 g/mol. The molecule has 1 heterocycles. The van der Waals surface area contributed by atoms with Crippen LogP contribution in [0.3, 0.4) is 0 Å². The second kappa shape index (κ2) is 51.0. The molecule has 4 atom stereocenters. The zero-order chi connectivity index (χ0) is 61.3. The van der Waals surface area contributed by atoms with Gasteiger partial charge in [0.05, 0.1) is 6.04 Å². The molecule has 1 saturated carbocycles. The number of aryl methyl sites for hydroxylation is 2. The first kappa shape index (κ1) is 83.3. The number of nitrogens with zero attached hydrogens (tertiary/aromatic N) is 3. The predicted molar refractivity (Wildman–Crippen MR) is 324 cm³/mol. The van der Waals surface area contributed by atoms with Gasteiger partial charge in [-0.05, 0) is 131 Å². The van der Waals surface area contributed by atoms with E-state index in [2.05, 4.69) is 90.5 Å². The zero-order valence-electron chi connectivity index (χ0n) is 51.2. The number of aliphatic hydroxyl groups excluding tert-OH is 1. The number of carboxylic acids is 2. The van der Waals surface area contributed by atoms with Crippen molar-refractivity contribution in [2.45, 2.75) is 154 Å². The summed E-state index contributed by atoms with van der Waals surface area (Å²) < 4.78 is 0. The van der Waals surface area contributed by atoms with Gasteiger partial charge in [-0.1, -0.05) is 85.6 Å². The van der Waals surface area contributed by atoms with Crippen molar-refractivity contribution < 1.29 is 157 Å². The van der Waals surface area contributed by atoms with Crippen molar-refractivity contribution in [3.63, 3.8) is 0 Å². The molecule has 5 rings (SSSR count). The molecule has 25 heteroatoms. The van der Waals surface area contributed by atoms with E-state index < -0.39 is 48.6 Å². The van der Waals surface area contributed by atoms with Crippen LogP contribution < -0.4 is 37.2 Å². The predicted octanol–water partition coefficient (Wildman–Crippen LogP) is 5.61. The topological polar surface area (TPSA) is 330 Å². The molecule has 3 aromatic carbocycles. The number of benzene rings is 3. The summed E-state index contributed by atoms with van der Waals surface area (Å²) in [4.78, 5) is 113. The van der Waals surface area contributed by atoms with Crippen molar-refractivity contribution >= 4 is 65.1 Å². The molecule has 0 spiro atoms. The standard InChI is InChI=1S/C51H69N7O11.C10H20N3.CH4O.3Y/c1-34-15-17-35(18-16-34)9-8-14-45(61)52-27-7-5-13-42(55-33-60)48(65)54-31-36-19-23-39(24-20-36)47(64)57-44(30-37-21-22-38-10-2-3-11-40(38)29-37)49(66)53-28-6-4-12-41(32-59)56-51(69)58-43(50(67)68)25-26-46(62)63;1-2-3-8-13-9-6-11-4-5-12-7-10-13;1-2;;;/h2-3,10-11,15-18,21-22,29,32-33,36,39,41-44H,4-9,12-14,19-20,23-28,30-31H2,1H3,(H,52,61)(H,53,66)(H,54,65)(H,55,60)(H,57,64)(H,62,63)(H,67,68)(H2,56,58,69);8H,2-7,9-10H2,1H3;2H,1H3;;;/q;-3;;;;. The Morgan fingerprint density at radius 2 is 1.29 bits per heavy atom. The number of aliphatic hydroxyl groups is 1. The van der Waals surface area contributed by atoms with Crippen molar-refractivity contribution in [3.8, 4) is 0 Å². The quantitative estimate of drug-likeness (QED) is 0.0198. The van der Waals surface area contributed by atoms with Crippen molar-refractivity contribution in [2.24, 2.45) is 11.8 Å². The van der Waals surface area contributed by atoms with Crippen LogP contribution in [0.25, 0.3) is 21.4 Å². The summed E-state index contributed by atoms with van der Waals surface area (Å²) >= 11 is 0. The summed E-state index contributed by atoms with van der Waals surface area (Å²) in [5.41, 5.74) is 3.26. The second-order valence-electron chi connectivity index (χ2n) is 21.3. The minimum atomic E-state index is -1.45. The summed E-state index contributed by atoms with van der Waals surface area (Å²) in [6.07, 6.45) is 10.1. The number of hydrogen-bond donors (Lipinski definition) is 10. The van der Waals surface area contributed by atoms with E-state index in [0.29, 0.717) is 90.0 Å². The van der Waals surface area contributed by atoms with E-state index in [4.69, 9.17) is 10.2 Å². The van der Waals surface area contributed by atoms with Crippen molar-refractivity contribution in [1.29, 1.82) is 0 Å². The zero-order valence-corrected chi connectivity index (χ0v) is 59.7. The molecule has 1 aliphatic heterocycles. The Morgan fingerprint density at radius 1 is 0.667 bits per heavy atom. The van der Waals surface area contributed by atoms with Crippen LogP contribution in [0.15, 0.2) is 66.7 Å². The third-order valence-corrected chi connectivity index (χ3v) is 14.6. The van der Waals surface area contributed by atoms with E-state index in [0.717, 1.165) is 75.6 Å². The molecular formula is C62H93N10O12Y3-3. The first-order chi connectivity index (χ1) is 40.7. The summed E-state index contributed by atoms with van der Waals surface area (Å²) in [5, 5.41) is 54.9. The number of unbranched alkanes of at least 4 members (excludes halogenated alkanes) is 3. The maximum atomic E-state index is 13.7. The maximum absolute atomic E-state index is 13.7. The van der Waals surface area contributed by atoms with Gasteiger partial charge in [-0.15, -0.1) is 13.1 Å². The second-order valence-corrected chi connectivity index (χ2v) is 21.3. The molecular weight excluding hydrogens is 1340 g/mol. The van der Waals surface area contributed by atoms with Crippen molar-refractivity contribution in [2.75, 3.05) is 66.0 Å². The summed E-state index contributed by atoms with van der Waals surface area (Å²) in [6.45, 7) is 13.6. The summed E-state index contributed by atoms with van der Waals surface area (Å²) in [5.74, 6) is -3.75. The number of urea groups is 1. The molecule has 2 aliphatic rings.